The van der Waals surface area contributed by atoms with Crippen LogP contribution in [0, 0.1) is 19.8 Å². The lowest BCUT2D eigenvalue weighted by Gasteiger charge is -2.32. The van der Waals surface area contributed by atoms with E-state index in [9.17, 15) is 14.4 Å². The lowest BCUT2D eigenvalue weighted by Crippen LogP contribution is -2.40. The summed E-state index contributed by atoms with van der Waals surface area (Å²) < 4.78 is 0. The number of piperidine rings is 1. The van der Waals surface area contributed by atoms with E-state index in [0.29, 0.717) is 17.6 Å². The summed E-state index contributed by atoms with van der Waals surface area (Å²) in [6.07, 6.45) is 2.08. The summed E-state index contributed by atoms with van der Waals surface area (Å²) in [5.41, 5.74) is 2.64. The maximum Gasteiger partial charge on any atom is 0.258 e. The molecule has 2 aliphatic rings. The summed E-state index contributed by atoms with van der Waals surface area (Å²) in [6, 6.07) is 5.61. The van der Waals surface area contributed by atoms with E-state index < -0.39 is 5.92 Å². The maximum atomic E-state index is 13.0. The second-order valence-electron chi connectivity index (χ2n) is 8.44. The molecule has 2 aliphatic heterocycles. The van der Waals surface area contributed by atoms with Gasteiger partial charge in [-0.25, -0.2) is 0 Å². The van der Waals surface area contributed by atoms with Crippen molar-refractivity contribution in [1.29, 1.82) is 0 Å². The molecule has 1 aromatic carbocycles. The number of hydrogen-bond acceptors (Lipinski definition) is 5. The van der Waals surface area contributed by atoms with E-state index in [4.69, 9.17) is 0 Å². The highest BCUT2D eigenvalue weighted by molar-refractivity contribution is 6.04. The second kappa shape index (κ2) is 7.93. The van der Waals surface area contributed by atoms with Gasteiger partial charge in [0.2, 0.25) is 17.8 Å². The van der Waals surface area contributed by atoms with Crippen LogP contribution in [0.1, 0.15) is 48.8 Å². The van der Waals surface area contributed by atoms with Gasteiger partial charge in [0.15, 0.2) is 0 Å². The Morgan fingerprint density at radius 1 is 1.23 bits per heavy atom. The van der Waals surface area contributed by atoms with Crippen LogP contribution in [0.15, 0.2) is 23.0 Å². The second-order valence-corrected chi connectivity index (χ2v) is 8.44. The van der Waals surface area contributed by atoms with Crippen LogP contribution in [0.4, 0.5) is 17.5 Å². The first-order valence-corrected chi connectivity index (χ1v) is 10.4. The molecule has 2 unspecified atom stereocenters. The molecule has 8 heteroatoms. The fraction of sp³-hybridized carbons (Fsp3) is 0.455. The first kappa shape index (κ1) is 20.1. The van der Waals surface area contributed by atoms with Gasteiger partial charge in [0, 0.05) is 25.2 Å². The SMILES string of the molecule is Cc1ccc(NC(=O)C2CC(=O)Nc3nc(N4CCCC(C)C4)[nH]c(=O)c32)cc1C. The van der Waals surface area contributed by atoms with Crippen molar-refractivity contribution < 1.29 is 9.59 Å². The normalized spacial score (nSPS) is 21.0. The third-order valence-corrected chi connectivity index (χ3v) is 5.99. The number of carbonyl (C=O) groups excluding carboxylic acids is 2. The van der Waals surface area contributed by atoms with Crippen LogP contribution in [0.5, 0.6) is 0 Å². The van der Waals surface area contributed by atoms with E-state index in [0.717, 1.165) is 37.1 Å². The molecule has 2 atom stereocenters. The van der Waals surface area contributed by atoms with Crippen molar-refractivity contribution in [3.63, 3.8) is 0 Å². The minimum Gasteiger partial charge on any atom is -0.342 e. The van der Waals surface area contributed by atoms with Crippen LogP contribution in [0.2, 0.25) is 0 Å². The molecule has 0 spiro atoms. The number of fused-ring (bicyclic) bond motifs is 1. The molecule has 3 heterocycles. The van der Waals surface area contributed by atoms with Crippen LogP contribution in [-0.2, 0) is 9.59 Å². The number of anilines is 3. The minimum atomic E-state index is -0.888. The van der Waals surface area contributed by atoms with Gasteiger partial charge >= 0.3 is 0 Å². The fourth-order valence-electron chi connectivity index (χ4n) is 4.16. The van der Waals surface area contributed by atoms with Crippen LogP contribution >= 0.6 is 0 Å². The predicted molar refractivity (Wildman–Crippen MR) is 116 cm³/mol. The monoisotopic (exact) mass is 409 g/mol. The molecule has 0 saturated carbocycles. The maximum absolute atomic E-state index is 13.0. The Morgan fingerprint density at radius 3 is 2.77 bits per heavy atom. The van der Waals surface area contributed by atoms with Crippen molar-refractivity contribution in [3.8, 4) is 0 Å². The van der Waals surface area contributed by atoms with Gasteiger partial charge in [0.25, 0.3) is 5.56 Å². The number of aromatic amines is 1. The highest BCUT2D eigenvalue weighted by atomic mass is 16.2. The summed E-state index contributed by atoms with van der Waals surface area (Å²) in [5.74, 6) is -0.462. The molecule has 4 rings (SSSR count). The lowest BCUT2D eigenvalue weighted by molar-refractivity contribution is -0.123. The van der Waals surface area contributed by atoms with Gasteiger partial charge in [-0.2, -0.15) is 4.98 Å². The van der Waals surface area contributed by atoms with Crippen molar-refractivity contribution in [2.24, 2.45) is 5.92 Å². The average molecular weight is 409 g/mol. The Kier molecular flexibility index (Phi) is 5.32. The smallest absolute Gasteiger partial charge is 0.258 e. The van der Waals surface area contributed by atoms with Crippen molar-refractivity contribution in [2.45, 2.75) is 46.0 Å². The minimum absolute atomic E-state index is 0.0888. The Bertz CT molecular complexity index is 1060. The zero-order chi connectivity index (χ0) is 21.4. The van der Waals surface area contributed by atoms with Crippen LogP contribution in [0.25, 0.3) is 0 Å². The van der Waals surface area contributed by atoms with E-state index in [1.807, 2.05) is 36.9 Å². The number of hydrogen-bond donors (Lipinski definition) is 3. The van der Waals surface area contributed by atoms with Crippen molar-refractivity contribution in [2.75, 3.05) is 28.6 Å². The first-order chi connectivity index (χ1) is 14.3. The molecular weight excluding hydrogens is 382 g/mol. The topological polar surface area (TPSA) is 107 Å². The Hall–Kier alpha value is -3.16. The molecule has 1 saturated heterocycles. The predicted octanol–water partition coefficient (Wildman–Crippen LogP) is 2.69. The van der Waals surface area contributed by atoms with Gasteiger partial charge in [-0.15, -0.1) is 0 Å². The quantitative estimate of drug-likeness (QED) is 0.723. The van der Waals surface area contributed by atoms with E-state index in [1.54, 1.807) is 0 Å². The van der Waals surface area contributed by atoms with E-state index in [2.05, 4.69) is 27.5 Å². The summed E-state index contributed by atoms with van der Waals surface area (Å²) in [6.45, 7) is 7.72. The molecule has 2 amide bonds. The van der Waals surface area contributed by atoms with Gasteiger partial charge in [-0.3, -0.25) is 19.4 Å². The molecule has 0 bridgehead atoms. The molecule has 158 valence electrons. The van der Waals surface area contributed by atoms with Gasteiger partial charge < -0.3 is 15.5 Å². The summed E-state index contributed by atoms with van der Waals surface area (Å²) in [5, 5.41) is 5.52. The third kappa shape index (κ3) is 3.94. The molecule has 3 N–H and O–H groups in total. The molecule has 30 heavy (non-hydrogen) atoms. The summed E-state index contributed by atoms with van der Waals surface area (Å²) in [4.78, 5) is 47.6. The van der Waals surface area contributed by atoms with Gasteiger partial charge in [-0.1, -0.05) is 13.0 Å². The number of H-pyrrole nitrogens is 1. The Labute approximate surface area is 175 Å². The number of amides is 2. The number of nitrogens with one attached hydrogen (secondary N) is 3. The molecular formula is C22H27N5O3. The highest BCUT2D eigenvalue weighted by Crippen LogP contribution is 2.31. The van der Waals surface area contributed by atoms with Crippen molar-refractivity contribution >= 4 is 29.3 Å². The molecule has 1 aromatic heterocycles. The fourth-order valence-corrected chi connectivity index (χ4v) is 4.16. The third-order valence-electron chi connectivity index (χ3n) is 5.99. The molecule has 8 nitrogen and oxygen atoms in total. The van der Waals surface area contributed by atoms with E-state index >= 15 is 0 Å². The zero-order valence-corrected chi connectivity index (χ0v) is 17.5. The lowest BCUT2D eigenvalue weighted by atomic mass is 9.92. The Morgan fingerprint density at radius 2 is 2.03 bits per heavy atom. The largest absolute Gasteiger partial charge is 0.342 e. The van der Waals surface area contributed by atoms with E-state index in [1.165, 1.54) is 0 Å². The summed E-state index contributed by atoms with van der Waals surface area (Å²) in [7, 11) is 0. The molecule has 1 fully saturated rings. The van der Waals surface area contributed by atoms with Gasteiger partial charge in [0.1, 0.15) is 5.82 Å². The highest BCUT2D eigenvalue weighted by Gasteiger charge is 2.35. The van der Waals surface area contributed by atoms with Gasteiger partial charge in [-0.05, 0) is 55.9 Å². The van der Waals surface area contributed by atoms with Gasteiger partial charge in [0.05, 0.1) is 11.5 Å². The Balaban J connectivity index is 1.64. The molecule has 2 aromatic rings. The first-order valence-electron chi connectivity index (χ1n) is 10.4. The van der Waals surface area contributed by atoms with E-state index in [-0.39, 0.29) is 35.2 Å². The van der Waals surface area contributed by atoms with Crippen LogP contribution < -0.4 is 21.1 Å². The standard InChI is InChI=1S/C22H27N5O3/c1-12-5-4-8-27(11-12)22-25-19-18(21(30)26-22)16(10-17(28)24-19)20(29)23-15-7-6-13(2)14(3)9-15/h6-7,9,12,16H,4-5,8,10-11H2,1-3H3,(H,23,29)(H2,24,25,26,28,30). The van der Waals surface area contributed by atoms with Crippen molar-refractivity contribution in [3.05, 3.63) is 45.2 Å². The van der Waals surface area contributed by atoms with Crippen molar-refractivity contribution in [1.82, 2.24) is 9.97 Å². The number of rotatable bonds is 3. The summed E-state index contributed by atoms with van der Waals surface area (Å²) >= 11 is 0. The van der Waals surface area contributed by atoms with Crippen LogP contribution in [0.3, 0.4) is 0 Å². The van der Waals surface area contributed by atoms with Crippen LogP contribution in [-0.4, -0.2) is 34.9 Å². The number of nitrogens with zero attached hydrogens (tertiary/aromatic N) is 2. The molecule has 0 radical (unpaired) electrons. The number of benzene rings is 1. The number of carbonyl (C=O) groups is 2. The zero-order valence-electron chi connectivity index (χ0n) is 17.5. The molecule has 0 aliphatic carbocycles. The average Bonchev–Trinajstić information content (AvgIpc) is 2.69. The number of aryl methyl sites for hydroxylation is 2. The number of aromatic nitrogens is 2.